The molecule has 2 aromatic heterocycles. The first-order chi connectivity index (χ1) is 15.7. The molecule has 0 spiro atoms. The van der Waals surface area contributed by atoms with E-state index in [2.05, 4.69) is 30.5 Å². The van der Waals surface area contributed by atoms with Gasteiger partial charge in [0.1, 0.15) is 42.4 Å². The maximum Gasteiger partial charge on any atom is 0.357 e. The number of rotatable bonds is 8. The lowest BCUT2D eigenvalue weighted by molar-refractivity contribution is 0.0446. The van der Waals surface area contributed by atoms with Crippen molar-refractivity contribution in [1.29, 1.82) is 0 Å². The van der Waals surface area contributed by atoms with Crippen molar-refractivity contribution in [2.45, 2.75) is 18.9 Å². The summed E-state index contributed by atoms with van der Waals surface area (Å²) in [6, 6.07) is 17.3. The summed E-state index contributed by atoms with van der Waals surface area (Å²) < 4.78 is 19.7. The van der Waals surface area contributed by atoms with Crippen molar-refractivity contribution in [3.63, 3.8) is 0 Å². The van der Waals surface area contributed by atoms with Gasteiger partial charge in [-0.1, -0.05) is 18.2 Å². The summed E-state index contributed by atoms with van der Waals surface area (Å²) in [4.78, 5) is 21.1. The highest BCUT2D eigenvalue weighted by Gasteiger charge is 2.28. The third-order valence-corrected chi connectivity index (χ3v) is 5.69. The van der Waals surface area contributed by atoms with E-state index in [0.29, 0.717) is 22.9 Å². The molecular formula is C24H20BrN3O4. The molecule has 1 aliphatic rings. The van der Waals surface area contributed by atoms with Gasteiger partial charge in [0.2, 0.25) is 0 Å². The average molecular weight is 494 g/mol. The molecular weight excluding hydrogens is 474 g/mol. The lowest BCUT2D eigenvalue weighted by atomic mass is 10.3. The Bertz CT molecular complexity index is 1240. The van der Waals surface area contributed by atoms with Gasteiger partial charge in [-0.2, -0.15) is 0 Å². The monoisotopic (exact) mass is 493 g/mol. The van der Waals surface area contributed by atoms with Crippen molar-refractivity contribution in [3.8, 4) is 17.2 Å². The normalized spacial score (nSPS) is 13.2. The van der Waals surface area contributed by atoms with Crippen LogP contribution in [0.3, 0.4) is 0 Å². The molecule has 1 aliphatic carbocycles. The number of fused-ring (bicyclic) bond motifs is 1. The first-order valence-corrected chi connectivity index (χ1v) is 11.1. The lowest BCUT2D eigenvalue weighted by Gasteiger charge is -2.09. The molecule has 7 nitrogen and oxygen atoms in total. The molecule has 0 saturated heterocycles. The predicted octanol–water partition coefficient (Wildman–Crippen LogP) is 5.56. The zero-order chi connectivity index (χ0) is 21.9. The molecule has 0 unspecified atom stereocenters. The molecule has 8 heteroatoms. The van der Waals surface area contributed by atoms with Crippen molar-refractivity contribution < 1.29 is 19.0 Å². The molecule has 1 fully saturated rings. The van der Waals surface area contributed by atoms with Crippen LogP contribution in [0.1, 0.15) is 29.4 Å². The van der Waals surface area contributed by atoms with Crippen LogP contribution in [-0.2, 0) is 4.74 Å². The fourth-order valence-corrected chi connectivity index (χ4v) is 4.00. The third-order valence-electron chi connectivity index (χ3n) is 5.08. The van der Waals surface area contributed by atoms with Gasteiger partial charge >= 0.3 is 5.97 Å². The van der Waals surface area contributed by atoms with Crippen LogP contribution in [0, 0.1) is 0 Å². The highest BCUT2D eigenvalue weighted by atomic mass is 79.9. The number of ether oxygens (including phenoxy) is 3. The average Bonchev–Trinajstić information content (AvgIpc) is 3.61. The summed E-state index contributed by atoms with van der Waals surface area (Å²) >= 11 is 3.53. The quantitative estimate of drug-likeness (QED) is 0.236. The molecule has 32 heavy (non-hydrogen) atoms. The van der Waals surface area contributed by atoms with Gasteiger partial charge in [0.05, 0.1) is 5.39 Å². The minimum absolute atomic E-state index is 0.105. The van der Waals surface area contributed by atoms with Crippen molar-refractivity contribution in [2.24, 2.45) is 0 Å². The third kappa shape index (κ3) is 4.45. The Hall–Kier alpha value is -3.39. The summed E-state index contributed by atoms with van der Waals surface area (Å²) in [6.07, 6.45) is 5.61. The highest BCUT2D eigenvalue weighted by Crippen LogP contribution is 2.40. The van der Waals surface area contributed by atoms with Gasteiger partial charge in [-0.3, -0.25) is 0 Å². The molecule has 0 aliphatic heterocycles. The van der Waals surface area contributed by atoms with E-state index < -0.39 is 5.97 Å². The van der Waals surface area contributed by atoms with Gasteiger partial charge in [-0.05, 0) is 65.2 Å². The molecule has 5 rings (SSSR count). The number of aromatic nitrogens is 3. The molecule has 1 saturated carbocycles. The van der Waals surface area contributed by atoms with Crippen LogP contribution in [0.2, 0.25) is 0 Å². The number of nitrogens with zero attached hydrogens (tertiary/aromatic N) is 3. The summed E-state index contributed by atoms with van der Waals surface area (Å²) in [5.41, 5.74) is 0.999. The van der Waals surface area contributed by atoms with E-state index >= 15 is 0 Å². The SMILES string of the molecule is O=C(OCCOc1ccc(Oc2ccccc2)cc1)c1ncnc2c1c(Br)cn2C1CC1. The van der Waals surface area contributed by atoms with Gasteiger partial charge in [0.25, 0.3) is 0 Å². The molecule has 0 N–H and O–H groups in total. The zero-order valence-corrected chi connectivity index (χ0v) is 18.7. The van der Waals surface area contributed by atoms with Crippen LogP contribution >= 0.6 is 15.9 Å². The van der Waals surface area contributed by atoms with E-state index in [1.807, 2.05) is 60.8 Å². The second-order valence-corrected chi connectivity index (χ2v) is 8.26. The Kier molecular flexibility index (Phi) is 5.77. The fraction of sp³-hybridized carbons (Fsp3) is 0.208. The maximum atomic E-state index is 12.6. The summed E-state index contributed by atoms with van der Waals surface area (Å²) in [7, 11) is 0. The van der Waals surface area contributed by atoms with Gasteiger partial charge in [0, 0.05) is 16.7 Å². The zero-order valence-electron chi connectivity index (χ0n) is 17.1. The number of hydrogen-bond acceptors (Lipinski definition) is 6. The molecule has 4 aromatic rings. The smallest absolute Gasteiger partial charge is 0.357 e. The van der Waals surface area contributed by atoms with Gasteiger partial charge < -0.3 is 18.8 Å². The predicted molar refractivity (Wildman–Crippen MR) is 122 cm³/mol. The van der Waals surface area contributed by atoms with Crippen molar-refractivity contribution in [1.82, 2.24) is 14.5 Å². The van der Waals surface area contributed by atoms with Gasteiger partial charge in [0.15, 0.2) is 5.69 Å². The number of carbonyl (C=O) groups is 1. The van der Waals surface area contributed by atoms with E-state index in [0.717, 1.165) is 28.7 Å². The van der Waals surface area contributed by atoms with Gasteiger partial charge in [-0.15, -0.1) is 0 Å². The molecule has 0 amide bonds. The Morgan fingerprint density at radius 3 is 2.44 bits per heavy atom. The van der Waals surface area contributed by atoms with Crippen LogP contribution in [0.4, 0.5) is 0 Å². The maximum absolute atomic E-state index is 12.6. The Morgan fingerprint density at radius 1 is 0.969 bits per heavy atom. The van der Waals surface area contributed by atoms with Crippen molar-refractivity contribution in [2.75, 3.05) is 13.2 Å². The van der Waals surface area contributed by atoms with E-state index in [4.69, 9.17) is 14.2 Å². The Morgan fingerprint density at radius 2 is 1.69 bits per heavy atom. The number of halogens is 1. The second-order valence-electron chi connectivity index (χ2n) is 7.41. The largest absolute Gasteiger partial charge is 0.490 e. The minimum Gasteiger partial charge on any atom is -0.490 e. The second kappa shape index (κ2) is 9.00. The lowest BCUT2D eigenvalue weighted by Crippen LogP contribution is -2.14. The fourth-order valence-electron chi connectivity index (χ4n) is 3.42. The molecule has 2 aromatic carbocycles. The standard InChI is InChI=1S/C24H20BrN3O4/c25-20-14-28(16-6-7-16)23-21(20)22(26-15-27-23)24(29)31-13-12-30-17-8-10-19(11-9-17)32-18-4-2-1-3-5-18/h1-5,8-11,14-16H,6-7,12-13H2. The number of esters is 1. The van der Waals surface area contributed by atoms with Crippen LogP contribution in [-0.4, -0.2) is 33.7 Å². The summed E-state index contributed by atoms with van der Waals surface area (Å²) in [6.45, 7) is 0.330. The molecule has 162 valence electrons. The topological polar surface area (TPSA) is 75.5 Å². The van der Waals surface area contributed by atoms with E-state index in [1.165, 1.54) is 6.33 Å². The van der Waals surface area contributed by atoms with Crippen molar-refractivity contribution in [3.05, 3.63) is 77.3 Å². The Labute approximate surface area is 193 Å². The molecule has 0 bridgehead atoms. The summed E-state index contributed by atoms with van der Waals surface area (Å²) in [5, 5.41) is 0.680. The Balaban J connectivity index is 1.15. The van der Waals surface area contributed by atoms with Crippen LogP contribution in [0.15, 0.2) is 71.6 Å². The highest BCUT2D eigenvalue weighted by molar-refractivity contribution is 9.10. The molecule has 0 radical (unpaired) electrons. The van der Waals surface area contributed by atoms with E-state index in [9.17, 15) is 4.79 Å². The molecule has 2 heterocycles. The van der Waals surface area contributed by atoms with Crippen molar-refractivity contribution >= 4 is 32.9 Å². The first-order valence-electron chi connectivity index (χ1n) is 10.3. The number of carbonyl (C=O) groups excluding carboxylic acids is 1. The number of para-hydroxylation sites is 1. The van der Waals surface area contributed by atoms with E-state index in [1.54, 1.807) is 0 Å². The first kappa shape index (κ1) is 20.5. The van der Waals surface area contributed by atoms with Crippen LogP contribution in [0.5, 0.6) is 17.2 Å². The minimum atomic E-state index is -0.498. The summed E-state index contributed by atoms with van der Waals surface area (Å²) in [5.74, 6) is 1.65. The van der Waals surface area contributed by atoms with Crippen LogP contribution in [0.25, 0.3) is 11.0 Å². The van der Waals surface area contributed by atoms with E-state index in [-0.39, 0.29) is 18.9 Å². The number of hydrogen-bond donors (Lipinski definition) is 0. The van der Waals surface area contributed by atoms with Crippen LogP contribution < -0.4 is 9.47 Å². The molecule has 0 atom stereocenters. The van der Waals surface area contributed by atoms with Gasteiger partial charge in [-0.25, -0.2) is 14.8 Å². The number of benzene rings is 2.